The zero-order valence-corrected chi connectivity index (χ0v) is 9.07. The second-order valence-corrected chi connectivity index (χ2v) is 4.09. The number of fused-ring (bicyclic) bond motifs is 1. The van der Waals surface area contributed by atoms with E-state index in [-0.39, 0.29) is 5.91 Å². The van der Waals surface area contributed by atoms with Crippen LogP contribution >= 0.6 is 0 Å². The van der Waals surface area contributed by atoms with Gasteiger partial charge in [0, 0.05) is 5.69 Å². The average molecular weight is 220 g/mol. The number of carbonyl (C=O) groups excluding carboxylic acids is 1. The van der Waals surface area contributed by atoms with Gasteiger partial charge in [-0.05, 0) is 36.6 Å². The lowest BCUT2D eigenvalue weighted by Gasteiger charge is -2.11. The third-order valence-electron chi connectivity index (χ3n) is 2.82. The normalized spacial score (nSPS) is 15.8. The Kier molecular flexibility index (Phi) is 3.22. The minimum absolute atomic E-state index is 0.0172. The molecule has 0 bridgehead atoms. The zero-order valence-electron chi connectivity index (χ0n) is 9.07. The first-order chi connectivity index (χ1) is 7.70. The number of amides is 1. The average Bonchev–Trinajstić information content (AvgIpc) is 2.64. The molecule has 1 unspecified atom stereocenters. The third-order valence-corrected chi connectivity index (χ3v) is 2.82. The van der Waals surface area contributed by atoms with Crippen molar-refractivity contribution >= 4 is 11.6 Å². The van der Waals surface area contributed by atoms with Crippen molar-refractivity contribution in [1.82, 2.24) is 0 Å². The van der Waals surface area contributed by atoms with E-state index in [0.29, 0.717) is 19.4 Å². The molecule has 4 nitrogen and oxygen atoms in total. The standard InChI is InChI=1S/C12H16N2O2/c13-5-1-2-11(15)8-3-4-10-9(6-8)7-12(16)14-10/h3-4,6,11,15H,1-2,5,7,13H2,(H,14,16). The van der Waals surface area contributed by atoms with Crippen LogP contribution in [0, 0.1) is 0 Å². The molecule has 4 heteroatoms. The van der Waals surface area contributed by atoms with E-state index in [4.69, 9.17) is 5.73 Å². The molecule has 1 aliphatic rings. The molecule has 0 radical (unpaired) electrons. The van der Waals surface area contributed by atoms with Gasteiger partial charge in [0.05, 0.1) is 12.5 Å². The van der Waals surface area contributed by atoms with Gasteiger partial charge in [-0.25, -0.2) is 0 Å². The highest BCUT2D eigenvalue weighted by Gasteiger charge is 2.18. The van der Waals surface area contributed by atoms with E-state index in [0.717, 1.165) is 23.2 Å². The first-order valence-electron chi connectivity index (χ1n) is 5.51. The van der Waals surface area contributed by atoms with Gasteiger partial charge in [-0.1, -0.05) is 12.1 Å². The number of rotatable bonds is 4. The maximum atomic E-state index is 11.2. The Labute approximate surface area is 94.5 Å². The molecule has 1 atom stereocenters. The smallest absolute Gasteiger partial charge is 0.228 e. The summed E-state index contributed by atoms with van der Waals surface area (Å²) in [5.74, 6) is 0.0172. The number of aliphatic hydroxyl groups is 1. The maximum absolute atomic E-state index is 11.2. The van der Waals surface area contributed by atoms with Crippen LogP contribution in [0.3, 0.4) is 0 Å². The van der Waals surface area contributed by atoms with Gasteiger partial charge in [-0.2, -0.15) is 0 Å². The van der Waals surface area contributed by atoms with Crippen LogP contribution in [0.25, 0.3) is 0 Å². The lowest BCUT2D eigenvalue weighted by Crippen LogP contribution is -2.04. The minimum Gasteiger partial charge on any atom is -0.388 e. The van der Waals surface area contributed by atoms with Crippen molar-refractivity contribution in [1.29, 1.82) is 0 Å². The van der Waals surface area contributed by atoms with Crippen LogP contribution < -0.4 is 11.1 Å². The van der Waals surface area contributed by atoms with E-state index in [1.807, 2.05) is 18.2 Å². The third kappa shape index (κ3) is 2.23. The summed E-state index contributed by atoms with van der Waals surface area (Å²) in [5.41, 5.74) is 8.09. The monoisotopic (exact) mass is 220 g/mol. The Morgan fingerprint density at radius 1 is 1.50 bits per heavy atom. The second kappa shape index (κ2) is 4.63. The van der Waals surface area contributed by atoms with Crippen LogP contribution in [0.1, 0.15) is 30.1 Å². The molecular formula is C12H16N2O2. The Hall–Kier alpha value is -1.39. The van der Waals surface area contributed by atoms with Gasteiger partial charge >= 0.3 is 0 Å². The molecule has 1 aromatic carbocycles. The highest BCUT2D eigenvalue weighted by atomic mass is 16.3. The van der Waals surface area contributed by atoms with E-state index in [1.54, 1.807) is 0 Å². The Morgan fingerprint density at radius 3 is 3.06 bits per heavy atom. The number of nitrogens with two attached hydrogens (primary N) is 1. The Bertz CT molecular complexity index is 404. The molecule has 0 aliphatic carbocycles. The molecule has 0 spiro atoms. The minimum atomic E-state index is -0.482. The van der Waals surface area contributed by atoms with Gasteiger partial charge < -0.3 is 16.2 Å². The van der Waals surface area contributed by atoms with Crippen molar-refractivity contribution < 1.29 is 9.90 Å². The molecule has 1 amide bonds. The summed E-state index contributed by atoms with van der Waals surface area (Å²) in [5, 5.41) is 12.7. The van der Waals surface area contributed by atoms with Gasteiger partial charge in [0.25, 0.3) is 0 Å². The van der Waals surface area contributed by atoms with Crippen molar-refractivity contribution in [2.45, 2.75) is 25.4 Å². The molecule has 0 saturated heterocycles. The fourth-order valence-electron chi connectivity index (χ4n) is 1.93. The molecule has 2 rings (SSSR count). The quantitative estimate of drug-likeness (QED) is 0.707. The number of benzene rings is 1. The van der Waals surface area contributed by atoms with Gasteiger partial charge in [-0.3, -0.25) is 4.79 Å². The van der Waals surface area contributed by atoms with Crippen LogP contribution in [0.4, 0.5) is 5.69 Å². The molecule has 1 aromatic rings. The van der Waals surface area contributed by atoms with E-state index >= 15 is 0 Å². The molecule has 0 saturated carbocycles. The first-order valence-corrected chi connectivity index (χ1v) is 5.51. The van der Waals surface area contributed by atoms with E-state index < -0.39 is 6.10 Å². The van der Waals surface area contributed by atoms with Crippen molar-refractivity contribution in [3.63, 3.8) is 0 Å². The number of carbonyl (C=O) groups is 1. The van der Waals surface area contributed by atoms with E-state index in [2.05, 4.69) is 5.32 Å². The zero-order chi connectivity index (χ0) is 11.5. The van der Waals surface area contributed by atoms with Crippen LogP contribution in [-0.2, 0) is 11.2 Å². The lowest BCUT2D eigenvalue weighted by atomic mass is 10.0. The number of hydrogen-bond acceptors (Lipinski definition) is 3. The van der Waals surface area contributed by atoms with Crippen LogP contribution in [-0.4, -0.2) is 17.6 Å². The molecule has 0 aromatic heterocycles. The Balaban J connectivity index is 2.12. The maximum Gasteiger partial charge on any atom is 0.228 e. The summed E-state index contributed by atoms with van der Waals surface area (Å²) in [6.45, 7) is 0.585. The fraction of sp³-hybridized carbons (Fsp3) is 0.417. The van der Waals surface area contributed by atoms with Gasteiger partial charge in [0.1, 0.15) is 0 Å². The number of nitrogens with one attached hydrogen (secondary N) is 1. The molecule has 16 heavy (non-hydrogen) atoms. The lowest BCUT2D eigenvalue weighted by molar-refractivity contribution is -0.115. The fourth-order valence-corrected chi connectivity index (χ4v) is 1.93. The SMILES string of the molecule is NCCCC(O)c1ccc2c(c1)CC(=O)N2. The summed E-state index contributed by atoms with van der Waals surface area (Å²) < 4.78 is 0. The van der Waals surface area contributed by atoms with E-state index in [1.165, 1.54) is 0 Å². The summed E-state index contributed by atoms with van der Waals surface area (Å²) >= 11 is 0. The molecule has 1 heterocycles. The molecule has 4 N–H and O–H groups in total. The van der Waals surface area contributed by atoms with Gasteiger partial charge in [-0.15, -0.1) is 0 Å². The highest BCUT2D eigenvalue weighted by Crippen LogP contribution is 2.27. The number of anilines is 1. The van der Waals surface area contributed by atoms with Crippen LogP contribution in [0.2, 0.25) is 0 Å². The van der Waals surface area contributed by atoms with Crippen molar-refractivity contribution in [3.05, 3.63) is 29.3 Å². The largest absolute Gasteiger partial charge is 0.388 e. The molecular weight excluding hydrogens is 204 g/mol. The highest BCUT2D eigenvalue weighted by molar-refractivity contribution is 5.99. The molecule has 0 fully saturated rings. The summed E-state index contributed by atoms with van der Waals surface area (Å²) in [7, 11) is 0. The summed E-state index contributed by atoms with van der Waals surface area (Å²) in [6, 6.07) is 5.60. The van der Waals surface area contributed by atoms with Gasteiger partial charge in [0.2, 0.25) is 5.91 Å². The molecule has 86 valence electrons. The van der Waals surface area contributed by atoms with E-state index in [9.17, 15) is 9.90 Å². The van der Waals surface area contributed by atoms with Gasteiger partial charge in [0.15, 0.2) is 0 Å². The summed E-state index contributed by atoms with van der Waals surface area (Å²) in [4.78, 5) is 11.2. The topological polar surface area (TPSA) is 75.3 Å². The Morgan fingerprint density at radius 2 is 2.31 bits per heavy atom. The van der Waals surface area contributed by atoms with Crippen molar-refractivity contribution in [2.75, 3.05) is 11.9 Å². The van der Waals surface area contributed by atoms with Crippen LogP contribution in [0.15, 0.2) is 18.2 Å². The predicted molar refractivity (Wildman–Crippen MR) is 62.0 cm³/mol. The number of aliphatic hydroxyl groups excluding tert-OH is 1. The van der Waals surface area contributed by atoms with Crippen molar-refractivity contribution in [3.8, 4) is 0 Å². The second-order valence-electron chi connectivity index (χ2n) is 4.09. The van der Waals surface area contributed by atoms with Crippen molar-refractivity contribution in [2.24, 2.45) is 5.73 Å². The summed E-state index contributed by atoms with van der Waals surface area (Å²) in [6.07, 6.45) is 1.39. The predicted octanol–water partition coefficient (Wildman–Crippen LogP) is 0.954. The number of hydrogen-bond donors (Lipinski definition) is 3. The molecule has 1 aliphatic heterocycles. The first kappa shape index (κ1) is 11.1. The van der Waals surface area contributed by atoms with Crippen LogP contribution in [0.5, 0.6) is 0 Å².